The average molecular weight is 176 g/mol. The molecule has 1 aromatic carbocycles. The highest BCUT2D eigenvalue weighted by Gasteiger charge is 2.14. The minimum absolute atomic E-state index is 0.312. The molecule has 0 aliphatic heterocycles. The van der Waals surface area contributed by atoms with Crippen molar-refractivity contribution >= 4 is 0 Å². The molecule has 0 amide bonds. The first kappa shape index (κ1) is 8.76. The summed E-state index contributed by atoms with van der Waals surface area (Å²) in [4.78, 5) is 0. The van der Waals surface area contributed by atoms with E-state index in [4.69, 9.17) is 0 Å². The number of aryl methyl sites for hydroxylation is 1. The van der Waals surface area contributed by atoms with Gasteiger partial charge in [0.05, 0.1) is 6.10 Å². The number of aliphatic hydroxyl groups is 1. The second-order valence-corrected chi connectivity index (χ2v) is 3.87. The molecule has 1 aliphatic carbocycles. The fourth-order valence-electron chi connectivity index (χ4n) is 2.20. The molecule has 1 N–H and O–H groups in total. The maximum atomic E-state index is 9.58. The molecule has 1 aliphatic rings. The molecule has 2 rings (SSSR count). The normalized spacial score (nSPS) is 18.0. The Morgan fingerprint density at radius 1 is 1.23 bits per heavy atom. The lowest BCUT2D eigenvalue weighted by atomic mass is 9.87. The van der Waals surface area contributed by atoms with E-state index in [9.17, 15) is 5.11 Å². The Bertz CT molecular complexity index is 302. The Labute approximate surface area is 79.4 Å². The summed E-state index contributed by atoms with van der Waals surface area (Å²) in [7, 11) is 0. The van der Waals surface area contributed by atoms with Crippen molar-refractivity contribution < 1.29 is 5.11 Å². The molecule has 1 atom stereocenters. The van der Waals surface area contributed by atoms with Gasteiger partial charge in [-0.1, -0.05) is 18.2 Å². The van der Waals surface area contributed by atoms with Crippen LogP contribution in [0.15, 0.2) is 18.2 Å². The Balaban J connectivity index is 2.46. The number of fused-ring (bicyclic) bond motifs is 1. The largest absolute Gasteiger partial charge is 0.389 e. The van der Waals surface area contributed by atoms with Crippen LogP contribution in [0.2, 0.25) is 0 Å². The van der Waals surface area contributed by atoms with Gasteiger partial charge in [0, 0.05) is 0 Å². The molecule has 0 saturated heterocycles. The maximum Gasteiger partial charge on any atom is 0.0764 e. The van der Waals surface area contributed by atoms with Crippen LogP contribution in [0.1, 0.15) is 42.6 Å². The second-order valence-electron chi connectivity index (χ2n) is 3.87. The van der Waals surface area contributed by atoms with Gasteiger partial charge in [0.15, 0.2) is 0 Å². The summed E-state index contributed by atoms with van der Waals surface area (Å²) in [6.07, 6.45) is 4.60. The molecular formula is C12H16O. The summed E-state index contributed by atoms with van der Waals surface area (Å²) in [6, 6.07) is 6.31. The van der Waals surface area contributed by atoms with Crippen molar-refractivity contribution in [3.8, 4) is 0 Å². The molecule has 0 heterocycles. The first-order valence-electron chi connectivity index (χ1n) is 5.08. The number of hydrogen-bond donors (Lipinski definition) is 1. The van der Waals surface area contributed by atoms with Gasteiger partial charge in [0.25, 0.3) is 0 Å². The van der Waals surface area contributed by atoms with Crippen LogP contribution in [-0.4, -0.2) is 5.11 Å². The lowest BCUT2D eigenvalue weighted by molar-refractivity contribution is 0.197. The third kappa shape index (κ3) is 1.61. The minimum atomic E-state index is -0.312. The summed E-state index contributed by atoms with van der Waals surface area (Å²) in [6.45, 7) is 1.85. The van der Waals surface area contributed by atoms with E-state index in [2.05, 4.69) is 18.2 Å². The van der Waals surface area contributed by atoms with Crippen molar-refractivity contribution in [1.82, 2.24) is 0 Å². The first-order valence-corrected chi connectivity index (χ1v) is 5.08. The summed E-state index contributed by atoms with van der Waals surface area (Å²) in [5, 5.41) is 9.58. The molecule has 1 unspecified atom stereocenters. The highest BCUT2D eigenvalue weighted by atomic mass is 16.3. The summed E-state index contributed by atoms with van der Waals surface area (Å²) >= 11 is 0. The van der Waals surface area contributed by atoms with Crippen molar-refractivity contribution in [3.05, 3.63) is 34.9 Å². The van der Waals surface area contributed by atoms with Gasteiger partial charge in [-0.15, -0.1) is 0 Å². The third-order valence-corrected chi connectivity index (χ3v) is 2.88. The zero-order valence-electron chi connectivity index (χ0n) is 8.09. The van der Waals surface area contributed by atoms with Crippen LogP contribution in [0.25, 0.3) is 0 Å². The Morgan fingerprint density at radius 3 is 2.77 bits per heavy atom. The van der Waals surface area contributed by atoms with Gasteiger partial charge < -0.3 is 5.11 Å². The first-order chi connectivity index (χ1) is 6.29. The third-order valence-electron chi connectivity index (χ3n) is 2.88. The summed E-state index contributed by atoms with van der Waals surface area (Å²) in [5.74, 6) is 0. The lowest BCUT2D eigenvalue weighted by Crippen LogP contribution is -2.07. The van der Waals surface area contributed by atoms with Gasteiger partial charge in [0.2, 0.25) is 0 Å². The topological polar surface area (TPSA) is 20.2 Å². The molecule has 0 fully saturated rings. The van der Waals surface area contributed by atoms with Gasteiger partial charge in [0.1, 0.15) is 0 Å². The number of hydrogen-bond acceptors (Lipinski definition) is 1. The monoisotopic (exact) mass is 176 g/mol. The van der Waals surface area contributed by atoms with Crippen LogP contribution < -0.4 is 0 Å². The lowest BCUT2D eigenvalue weighted by Gasteiger charge is -2.20. The van der Waals surface area contributed by atoms with E-state index in [1.807, 2.05) is 6.92 Å². The highest BCUT2D eigenvalue weighted by molar-refractivity contribution is 5.37. The smallest absolute Gasteiger partial charge is 0.0764 e. The SMILES string of the molecule is CC(O)c1cccc2c1CCCC2. The molecule has 0 spiro atoms. The van der Waals surface area contributed by atoms with Crippen LogP contribution in [-0.2, 0) is 12.8 Å². The highest BCUT2D eigenvalue weighted by Crippen LogP contribution is 2.27. The van der Waals surface area contributed by atoms with Crippen molar-refractivity contribution in [1.29, 1.82) is 0 Å². The van der Waals surface area contributed by atoms with Crippen molar-refractivity contribution in [2.75, 3.05) is 0 Å². The minimum Gasteiger partial charge on any atom is -0.389 e. The van der Waals surface area contributed by atoms with Crippen molar-refractivity contribution in [3.63, 3.8) is 0 Å². The molecule has 0 aromatic heterocycles. The van der Waals surface area contributed by atoms with Crippen molar-refractivity contribution in [2.24, 2.45) is 0 Å². The second kappa shape index (κ2) is 3.51. The molecule has 0 bridgehead atoms. The van der Waals surface area contributed by atoms with Crippen LogP contribution in [0.5, 0.6) is 0 Å². The average Bonchev–Trinajstić information content (AvgIpc) is 2.17. The van der Waals surface area contributed by atoms with Gasteiger partial charge in [-0.2, -0.15) is 0 Å². The molecule has 13 heavy (non-hydrogen) atoms. The van der Waals surface area contributed by atoms with Gasteiger partial charge >= 0.3 is 0 Å². The number of aliphatic hydroxyl groups excluding tert-OH is 1. The van der Waals surface area contributed by atoms with Gasteiger partial charge in [-0.3, -0.25) is 0 Å². The Kier molecular flexibility index (Phi) is 2.36. The van der Waals surface area contributed by atoms with Crippen LogP contribution in [0.4, 0.5) is 0 Å². The van der Waals surface area contributed by atoms with Gasteiger partial charge in [-0.25, -0.2) is 0 Å². The van der Waals surface area contributed by atoms with E-state index >= 15 is 0 Å². The van der Waals surface area contributed by atoms with E-state index in [1.54, 1.807) is 0 Å². The predicted octanol–water partition coefficient (Wildman–Crippen LogP) is 2.62. The van der Waals surface area contributed by atoms with E-state index in [-0.39, 0.29) is 6.10 Å². The van der Waals surface area contributed by atoms with Crippen LogP contribution in [0, 0.1) is 0 Å². The van der Waals surface area contributed by atoms with E-state index < -0.39 is 0 Å². The fourth-order valence-corrected chi connectivity index (χ4v) is 2.20. The van der Waals surface area contributed by atoms with E-state index in [1.165, 1.54) is 30.4 Å². The zero-order chi connectivity index (χ0) is 9.26. The van der Waals surface area contributed by atoms with Gasteiger partial charge in [-0.05, 0) is 49.3 Å². The molecule has 1 nitrogen and oxygen atoms in total. The maximum absolute atomic E-state index is 9.58. The van der Waals surface area contributed by atoms with Crippen LogP contribution in [0.3, 0.4) is 0 Å². The number of benzene rings is 1. The molecule has 0 saturated carbocycles. The molecule has 1 aromatic rings. The van der Waals surface area contributed by atoms with Crippen molar-refractivity contribution in [2.45, 2.75) is 38.7 Å². The predicted molar refractivity (Wildman–Crippen MR) is 53.7 cm³/mol. The Hall–Kier alpha value is -0.820. The molecule has 0 radical (unpaired) electrons. The zero-order valence-corrected chi connectivity index (χ0v) is 8.09. The van der Waals surface area contributed by atoms with Crippen LogP contribution >= 0.6 is 0 Å². The molecular weight excluding hydrogens is 160 g/mol. The summed E-state index contributed by atoms with van der Waals surface area (Å²) in [5.41, 5.74) is 3.99. The standard InChI is InChI=1S/C12H16O/c1-9(13)11-8-4-6-10-5-2-3-7-12(10)11/h4,6,8-9,13H,2-3,5,7H2,1H3. The van der Waals surface area contributed by atoms with E-state index in [0.29, 0.717) is 0 Å². The quantitative estimate of drug-likeness (QED) is 0.697. The molecule has 70 valence electrons. The number of rotatable bonds is 1. The van der Waals surface area contributed by atoms with E-state index in [0.717, 1.165) is 12.0 Å². The molecule has 1 heteroatoms. The summed E-state index contributed by atoms with van der Waals surface area (Å²) < 4.78 is 0. The Morgan fingerprint density at radius 2 is 2.00 bits per heavy atom. The fraction of sp³-hybridized carbons (Fsp3) is 0.500.